The normalized spacial score (nSPS) is 10.6. The summed E-state index contributed by atoms with van der Waals surface area (Å²) in [6.07, 6.45) is 1.49. The van der Waals surface area contributed by atoms with Gasteiger partial charge < -0.3 is 19.1 Å². The molecule has 2 aromatic heterocycles. The van der Waals surface area contributed by atoms with Crippen LogP contribution in [-0.2, 0) is 16.1 Å². The number of aromatic nitrogens is 3. The SMILES string of the molecule is CCOC(=O)c1ccccc1NC(=O)Cn1cccc(-c2nc(-c3ccccc3C)no2)c1=O. The monoisotopic (exact) mass is 458 g/mol. The highest BCUT2D eigenvalue weighted by Crippen LogP contribution is 2.23. The summed E-state index contributed by atoms with van der Waals surface area (Å²) in [5.74, 6) is -0.595. The minimum Gasteiger partial charge on any atom is -0.462 e. The average molecular weight is 458 g/mol. The lowest BCUT2D eigenvalue weighted by Crippen LogP contribution is -2.28. The summed E-state index contributed by atoms with van der Waals surface area (Å²) < 4.78 is 11.6. The lowest BCUT2D eigenvalue weighted by Gasteiger charge is -2.11. The Balaban J connectivity index is 1.55. The largest absolute Gasteiger partial charge is 0.462 e. The zero-order chi connectivity index (χ0) is 24.1. The zero-order valence-corrected chi connectivity index (χ0v) is 18.6. The first-order chi connectivity index (χ1) is 16.5. The predicted octanol–water partition coefficient (Wildman–Crippen LogP) is 3.69. The van der Waals surface area contributed by atoms with E-state index in [1.54, 1.807) is 43.3 Å². The van der Waals surface area contributed by atoms with Gasteiger partial charge in [-0.15, -0.1) is 0 Å². The van der Waals surface area contributed by atoms with Gasteiger partial charge in [0.1, 0.15) is 12.1 Å². The van der Waals surface area contributed by atoms with Crippen LogP contribution in [0.25, 0.3) is 22.8 Å². The molecule has 0 saturated heterocycles. The van der Waals surface area contributed by atoms with Gasteiger partial charge in [0, 0.05) is 11.8 Å². The van der Waals surface area contributed by atoms with Gasteiger partial charge in [-0.25, -0.2) is 4.79 Å². The van der Waals surface area contributed by atoms with Crippen LogP contribution in [0, 0.1) is 6.92 Å². The highest BCUT2D eigenvalue weighted by molar-refractivity contribution is 6.01. The van der Waals surface area contributed by atoms with Crippen molar-refractivity contribution in [2.45, 2.75) is 20.4 Å². The number of nitrogens with one attached hydrogen (secondary N) is 1. The van der Waals surface area contributed by atoms with Gasteiger partial charge in [-0.1, -0.05) is 41.6 Å². The van der Waals surface area contributed by atoms with Crippen LogP contribution in [0.3, 0.4) is 0 Å². The Hall–Kier alpha value is -4.53. The Morgan fingerprint density at radius 3 is 2.56 bits per heavy atom. The molecule has 4 aromatic rings. The summed E-state index contributed by atoms with van der Waals surface area (Å²) in [6, 6.07) is 17.3. The molecule has 0 saturated carbocycles. The number of amides is 1. The molecular formula is C25H22N4O5. The molecule has 1 N–H and O–H groups in total. The zero-order valence-electron chi connectivity index (χ0n) is 18.6. The number of pyridine rings is 1. The van der Waals surface area contributed by atoms with Gasteiger partial charge >= 0.3 is 5.97 Å². The first-order valence-corrected chi connectivity index (χ1v) is 10.6. The Bertz CT molecular complexity index is 1410. The Morgan fingerprint density at radius 2 is 1.76 bits per heavy atom. The molecule has 172 valence electrons. The van der Waals surface area contributed by atoms with E-state index in [2.05, 4.69) is 15.5 Å². The number of carbonyl (C=O) groups excluding carboxylic acids is 2. The van der Waals surface area contributed by atoms with Crippen molar-refractivity contribution < 1.29 is 18.8 Å². The maximum atomic E-state index is 13.0. The number of esters is 1. The molecule has 0 atom stereocenters. The fourth-order valence-corrected chi connectivity index (χ4v) is 3.41. The average Bonchev–Trinajstić information content (AvgIpc) is 3.31. The molecule has 9 heteroatoms. The van der Waals surface area contributed by atoms with Gasteiger partial charge in [-0.2, -0.15) is 4.98 Å². The molecule has 4 rings (SSSR count). The Labute approximate surface area is 195 Å². The molecule has 0 spiro atoms. The molecule has 34 heavy (non-hydrogen) atoms. The highest BCUT2D eigenvalue weighted by Gasteiger charge is 2.18. The maximum absolute atomic E-state index is 13.0. The molecule has 0 fully saturated rings. The molecule has 0 bridgehead atoms. The summed E-state index contributed by atoms with van der Waals surface area (Å²) in [5.41, 5.74) is 2.02. The third kappa shape index (κ3) is 4.78. The van der Waals surface area contributed by atoms with E-state index in [4.69, 9.17) is 9.26 Å². The summed E-state index contributed by atoms with van der Waals surface area (Å²) in [6.45, 7) is 3.57. The van der Waals surface area contributed by atoms with Gasteiger partial charge in [0.15, 0.2) is 0 Å². The standard InChI is InChI=1S/C25H22N4O5/c1-3-33-25(32)18-11-6-7-13-20(18)26-21(30)15-29-14-8-12-19(24(29)31)23-27-22(28-34-23)17-10-5-4-9-16(17)2/h4-14H,3,15H2,1-2H3,(H,26,30). The van der Waals surface area contributed by atoms with Crippen molar-refractivity contribution >= 4 is 17.6 Å². The summed E-state index contributed by atoms with van der Waals surface area (Å²) in [7, 11) is 0. The topological polar surface area (TPSA) is 116 Å². The number of ether oxygens (including phenoxy) is 1. The number of hydrogen-bond donors (Lipinski definition) is 1. The Kier molecular flexibility index (Phi) is 6.63. The van der Waals surface area contributed by atoms with Crippen LogP contribution >= 0.6 is 0 Å². The van der Waals surface area contributed by atoms with E-state index < -0.39 is 17.4 Å². The lowest BCUT2D eigenvalue weighted by atomic mass is 10.1. The van der Waals surface area contributed by atoms with Crippen LogP contribution in [0.1, 0.15) is 22.8 Å². The fraction of sp³-hybridized carbons (Fsp3) is 0.160. The van der Waals surface area contributed by atoms with Crippen LogP contribution in [0.2, 0.25) is 0 Å². The number of benzene rings is 2. The molecule has 0 unspecified atom stereocenters. The second kappa shape index (κ2) is 9.95. The van der Waals surface area contributed by atoms with Crippen LogP contribution in [0.5, 0.6) is 0 Å². The molecule has 0 aliphatic carbocycles. The molecule has 1 amide bonds. The number of carbonyl (C=O) groups is 2. The summed E-state index contributed by atoms with van der Waals surface area (Å²) >= 11 is 0. The number of rotatable bonds is 7. The molecule has 2 aromatic carbocycles. The quantitative estimate of drug-likeness (QED) is 0.420. The molecule has 0 aliphatic heterocycles. The molecule has 0 radical (unpaired) electrons. The van der Waals surface area contributed by atoms with E-state index in [9.17, 15) is 14.4 Å². The Morgan fingerprint density at radius 1 is 1.03 bits per heavy atom. The van der Waals surface area contributed by atoms with E-state index in [1.807, 2.05) is 31.2 Å². The number of anilines is 1. The molecule has 0 aliphatic rings. The number of para-hydroxylation sites is 1. The van der Waals surface area contributed by atoms with Crippen LogP contribution < -0.4 is 10.9 Å². The number of aryl methyl sites for hydroxylation is 1. The highest BCUT2D eigenvalue weighted by atomic mass is 16.5. The van der Waals surface area contributed by atoms with E-state index in [0.717, 1.165) is 11.1 Å². The third-order valence-corrected chi connectivity index (χ3v) is 5.07. The summed E-state index contributed by atoms with van der Waals surface area (Å²) in [5, 5.41) is 6.66. The van der Waals surface area contributed by atoms with E-state index >= 15 is 0 Å². The fourth-order valence-electron chi connectivity index (χ4n) is 3.41. The minimum atomic E-state index is -0.543. The van der Waals surface area contributed by atoms with Crippen molar-refractivity contribution in [3.63, 3.8) is 0 Å². The molecular weight excluding hydrogens is 436 g/mol. The van der Waals surface area contributed by atoms with Gasteiger partial charge in [0.2, 0.25) is 11.7 Å². The van der Waals surface area contributed by atoms with E-state index in [-0.39, 0.29) is 30.2 Å². The van der Waals surface area contributed by atoms with Gasteiger partial charge in [-0.05, 0) is 43.7 Å². The van der Waals surface area contributed by atoms with Gasteiger partial charge in [0.05, 0.1) is 17.9 Å². The third-order valence-electron chi connectivity index (χ3n) is 5.07. The summed E-state index contributed by atoms with van der Waals surface area (Å²) in [4.78, 5) is 42.2. The predicted molar refractivity (Wildman–Crippen MR) is 125 cm³/mol. The van der Waals surface area contributed by atoms with Crippen LogP contribution in [0.15, 0.2) is 76.2 Å². The van der Waals surface area contributed by atoms with Crippen molar-refractivity contribution in [3.8, 4) is 22.8 Å². The molecule has 9 nitrogen and oxygen atoms in total. The smallest absolute Gasteiger partial charge is 0.340 e. The van der Waals surface area contributed by atoms with Crippen LogP contribution in [-0.4, -0.2) is 33.2 Å². The first-order valence-electron chi connectivity index (χ1n) is 10.6. The lowest BCUT2D eigenvalue weighted by molar-refractivity contribution is -0.116. The maximum Gasteiger partial charge on any atom is 0.340 e. The van der Waals surface area contributed by atoms with E-state index in [1.165, 1.54) is 10.8 Å². The van der Waals surface area contributed by atoms with Crippen molar-refractivity contribution in [3.05, 3.63) is 88.3 Å². The van der Waals surface area contributed by atoms with Gasteiger partial charge in [0.25, 0.3) is 11.4 Å². The van der Waals surface area contributed by atoms with Crippen molar-refractivity contribution in [2.75, 3.05) is 11.9 Å². The minimum absolute atomic E-state index is 0.0608. The van der Waals surface area contributed by atoms with E-state index in [0.29, 0.717) is 11.5 Å². The second-order valence-electron chi connectivity index (χ2n) is 7.41. The van der Waals surface area contributed by atoms with Crippen molar-refractivity contribution in [1.82, 2.24) is 14.7 Å². The van der Waals surface area contributed by atoms with Crippen molar-refractivity contribution in [2.24, 2.45) is 0 Å². The number of nitrogens with zero attached hydrogens (tertiary/aromatic N) is 3. The molecule has 2 heterocycles. The first kappa shape index (κ1) is 22.7. The second-order valence-corrected chi connectivity index (χ2v) is 7.41. The van der Waals surface area contributed by atoms with Crippen molar-refractivity contribution in [1.29, 1.82) is 0 Å². The van der Waals surface area contributed by atoms with Crippen LogP contribution in [0.4, 0.5) is 5.69 Å². The van der Waals surface area contributed by atoms with Gasteiger partial charge in [-0.3, -0.25) is 9.59 Å². The number of hydrogen-bond acceptors (Lipinski definition) is 7.